The molecule has 0 heterocycles. The zero-order chi connectivity index (χ0) is 19.1. The smallest absolute Gasteiger partial charge is 0.251 e. The largest absolute Gasteiger partial charge is 0.325 e. The van der Waals surface area contributed by atoms with E-state index in [1.165, 1.54) is 11.8 Å². The van der Waals surface area contributed by atoms with E-state index in [0.29, 0.717) is 10.7 Å². The fraction of sp³-hybridized carbons (Fsp3) is 0.263. The Labute approximate surface area is 162 Å². The minimum atomic E-state index is -0.382. The summed E-state index contributed by atoms with van der Waals surface area (Å²) in [5.74, 6) is -0.162. The van der Waals surface area contributed by atoms with Gasteiger partial charge in [0.2, 0.25) is 5.91 Å². The number of hydrogen-bond acceptors (Lipinski definition) is 4. The number of carbonyl (C=O) groups is 2. The molecule has 0 aliphatic carbocycles. The number of halogens is 1. The number of hydrogen-bond donors (Lipinski definition) is 3. The van der Waals surface area contributed by atoms with Gasteiger partial charge in [-0.2, -0.15) is 0 Å². The lowest BCUT2D eigenvalue weighted by molar-refractivity contribution is -0.119. The van der Waals surface area contributed by atoms with Gasteiger partial charge in [0.15, 0.2) is 0 Å². The highest BCUT2D eigenvalue weighted by atomic mass is 35.5. The van der Waals surface area contributed by atoms with Crippen molar-refractivity contribution in [3.05, 3.63) is 58.6 Å². The quantitative estimate of drug-likeness (QED) is 0.620. The van der Waals surface area contributed by atoms with Gasteiger partial charge >= 0.3 is 0 Å². The van der Waals surface area contributed by atoms with Gasteiger partial charge in [-0.1, -0.05) is 35.4 Å². The Morgan fingerprint density at radius 3 is 2.38 bits per heavy atom. The van der Waals surface area contributed by atoms with E-state index in [9.17, 15) is 9.59 Å². The summed E-state index contributed by atoms with van der Waals surface area (Å²) in [6, 6.07) is 13.0. The molecular formula is C19H22ClN3O2S. The molecule has 2 rings (SSSR count). The van der Waals surface area contributed by atoms with Crippen LogP contribution in [0.5, 0.6) is 0 Å². The van der Waals surface area contributed by atoms with Crippen molar-refractivity contribution in [2.24, 2.45) is 0 Å². The second-order valence-electron chi connectivity index (χ2n) is 5.95. The van der Waals surface area contributed by atoms with E-state index in [4.69, 9.17) is 11.6 Å². The summed E-state index contributed by atoms with van der Waals surface area (Å²) in [4.78, 5) is 24.1. The molecule has 3 N–H and O–H groups in total. The molecule has 26 heavy (non-hydrogen) atoms. The number of anilines is 2. The molecule has 0 unspecified atom stereocenters. The van der Waals surface area contributed by atoms with E-state index in [2.05, 4.69) is 16.2 Å². The van der Waals surface area contributed by atoms with Crippen molar-refractivity contribution in [3.8, 4) is 0 Å². The van der Waals surface area contributed by atoms with Crippen LogP contribution >= 0.6 is 23.4 Å². The third-order valence-electron chi connectivity index (χ3n) is 3.67. The van der Waals surface area contributed by atoms with Gasteiger partial charge in [0.25, 0.3) is 5.91 Å². The van der Waals surface area contributed by atoms with Crippen LogP contribution in [0.1, 0.15) is 18.1 Å². The van der Waals surface area contributed by atoms with E-state index in [0.717, 1.165) is 16.8 Å². The first kappa shape index (κ1) is 20.1. The van der Waals surface area contributed by atoms with Crippen molar-refractivity contribution in [1.29, 1.82) is 0 Å². The lowest BCUT2D eigenvalue weighted by Gasteiger charge is -2.14. The van der Waals surface area contributed by atoms with Crippen LogP contribution in [0.15, 0.2) is 42.5 Å². The number of carbonyl (C=O) groups excluding carboxylic acids is 2. The molecule has 2 aromatic carbocycles. The summed E-state index contributed by atoms with van der Waals surface area (Å²) in [5.41, 5.74) is 8.99. The summed E-state index contributed by atoms with van der Waals surface area (Å²) in [6.45, 7) is 5.65. The maximum Gasteiger partial charge on any atom is 0.251 e. The average molecular weight is 392 g/mol. The molecule has 0 saturated heterocycles. The maximum absolute atomic E-state index is 12.1. The van der Waals surface area contributed by atoms with Gasteiger partial charge in [0, 0.05) is 10.7 Å². The second-order valence-corrected chi connectivity index (χ2v) is 7.68. The number of rotatable bonds is 7. The Morgan fingerprint density at radius 2 is 1.73 bits per heavy atom. The molecule has 2 amide bonds. The van der Waals surface area contributed by atoms with Crippen LogP contribution < -0.4 is 16.2 Å². The van der Waals surface area contributed by atoms with E-state index >= 15 is 0 Å². The maximum atomic E-state index is 12.1. The highest BCUT2D eigenvalue weighted by Gasteiger charge is 2.15. The van der Waals surface area contributed by atoms with E-state index in [1.807, 2.05) is 50.2 Å². The molecule has 0 spiro atoms. The third-order valence-corrected chi connectivity index (χ3v) is 5.22. The van der Waals surface area contributed by atoms with Crippen molar-refractivity contribution in [2.45, 2.75) is 26.0 Å². The monoisotopic (exact) mass is 391 g/mol. The first-order valence-electron chi connectivity index (χ1n) is 8.15. The lowest BCUT2D eigenvalue weighted by Crippen LogP contribution is -2.36. The fourth-order valence-electron chi connectivity index (χ4n) is 2.02. The van der Waals surface area contributed by atoms with Crippen molar-refractivity contribution in [3.63, 3.8) is 0 Å². The number of nitrogens with one attached hydrogen (secondary N) is 3. The fourth-order valence-corrected chi connectivity index (χ4v) is 2.88. The number of aryl methyl sites for hydroxylation is 2. The van der Waals surface area contributed by atoms with Gasteiger partial charge in [-0.05, 0) is 50.6 Å². The summed E-state index contributed by atoms with van der Waals surface area (Å²) < 4.78 is 0. The van der Waals surface area contributed by atoms with Gasteiger partial charge in [0.05, 0.1) is 16.7 Å². The minimum Gasteiger partial charge on any atom is -0.325 e. The third kappa shape index (κ3) is 6.28. The van der Waals surface area contributed by atoms with Crippen molar-refractivity contribution < 1.29 is 9.59 Å². The summed E-state index contributed by atoms with van der Waals surface area (Å²) in [7, 11) is 0. The van der Waals surface area contributed by atoms with Crippen molar-refractivity contribution >= 4 is 46.6 Å². The zero-order valence-electron chi connectivity index (χ0n) is 14.9. The topological polar surface area (TPSA) is 70.2 Å². The molecule has 1 atom stereocenters. The first-order chi connectivity index (χ1) is 12.3. The number of amides is 2. The molecular weight excluding hydrogens is 370 g/mol. The number of benzene rings is 2. The lowest BCUT2D eigenvalue weighted by atomic mass is 10.2. The molecule has 138 valence electrons. The molecule has 0 saturated carbocycles. The van der Waals surface area contributed by atoms with Gasteiger partial charge in [-0.3, -0.25) is 20.4 Å². The predicted octanol–water partition coefficient (Wildman–Crippen LogP) is 4.16. The molecule has 0 fully saturated rings. The molecule has 0 aromatic heterocycles. The van der Waals surface area contributed by atoms with Crippen LogP contribution in [0.2, 0.25) is 5.02 Å². The highest BCUT2D eigenvalue weighted by molar-refractivity contribution is 8.01. The number of thioether (sulfide) groups is 1. The number of hydrazine groups is 1. The van der Waals surface area contributed by atoms with E-state index in [-0.39, 0.29) is 22.8 Å². The Morgan fingerprint density at radius 1 is 1.08 bits per heavy atom. The summed E-state index contributed by atoms with van der Waals surface area (Å²) in [5, 5.41) is 3.05. The average Bonchev–Trinajstić information content (AvgIpc) is 2.62. The van der Waals surface area contributed by atoms with Crippen LogP contribution in [0.3, 0.4) is 0 Å². The molecule has 7 heteroatoms. The minimum absolute atomic E-state index is 0.142. The van der Waals surface area contributed by atoms with E-state index in [1.54, 1.807) is 13.0 Å². The molecule has 0 radical (unpaired) electrons. The molecule has 5 nitrogen and oxygen atoms in total. The predicted molar refractivity (Wildman–Crippen MR) is 110 cm³/mol. The standard InChI is InChI=1S/C19H22ClN3O2S/c1-12-4-7-15(8-5-12)21-18(24)11-26-14(3)19(25)23-22-16-9-6-13(2)17(20)10-16/h4-10,14,22H,11H2,1-3H3,(H,21,24)(H,23,25)/t14-/m0/s1. The van der Waals surface area contributed by atoms with Crippen LogP contribution in [-0.2, 0) is 9.59 Å². The normalized spacial score (nSPS) is 11.5. The van der Waals surface area contributed by atoms with Crippen molar-refractivity contribution in [2.75, 3.05) is 16.5 Å². The Bertz CT molecular complexity index is 781. The molecule has 0 bridgehead atoms. The Balaban J connectivity index is 1.74. The molecule has 0 aliphatic heterocycles. The van der Waals surface area contributed by atoms with Crippen LogP contribution in [-0.4, -0.2) is 22.8 Å². The van der Waals surface area contributed by atoms with Gasteiger partial charge in [-0.15, -0.1) is 11.8 Å². The SMILES string of the molecule is Cc1ccc(NC(=O)CS[C@@H](C)C(=O)NNc2ccc(C)c(Cl)c2)cc1. The zero-order valence-corrected chi connectivity index (χ0v) is 16.5. The highest BCUT2D eigenvalue weighted by Crippen LogP contribution is 2.19. The molecule has 0 aliphatic rings. The second kappa shape index (κ2) is 9.50. The summed E-state index contributed by atoms with van der Waals surface area (Å²) in [6.07, 6.45) is 0. The van der Waals surface area contributed by atoms with Crippen LogP contribution in [0, 0.1) is 13.8 Å². The summed E-state index contributed by atoms with van der Waals surface area (Å²) >= 11 is 7.32. The van der Waals surface area contributed by atoms with Crippen LogP contribution in [0.25, 0.3) is 0 Å². The van der Waals surface area contributed by atoms with Crippen LogP contribution in [0.4, 0.5) is 11.4 Å². The van der Waals surface area contributed by atoms with E-state index < -0.39 is 0 Å². The molecule has 2 aromatic rings. The Hall–Kier alpha value is -2.18. The first-order valence-corrected chi connectivity index (χ1v) is 9.58. The van der Waals surface area contributed by atoms with Gasteiger partial charge < -0.3 is 5.32 Å². The van der Waals surface area contributed by atoms with Gasteiger partial charge in [0.1, 0.15) is 0 Å². The van der Waals surface area contributed by atoms with Gasteiger partial charge in [-0.25, -0.2) is 0 Å². The Kier molecular flexibility index (Phi) is 7.36. The van der Waals surface area contributed by atoms with Crippen molar-refractivity contribution in [1.82, 2.24) is 5.43 Å².